The van der Waals surface area contributed by atoms with Gasteiger partial charge >= 0.3 is 5.51 Å². The summed E-state index contributed by atoms with van der Waals surface area (Å²) in [5.41, 5.74) is -4.28. The molecule has 1 rings (SSSR count). The number of halogens is 4. The van der Waals surface area contributed by atoms with Crippen LogP contribution in [0.5, 0.6) is 0 Å². The minimum atomic E-state index is -4.28. The molecule has 5 heteroatoms. The Morgan fingerprint density at radius 1 is 1.42 bits per heavy atom. The van der Waals surface area contributed by atoms with E-state index in [1.54, 1.807) is 0 Å². The Morgan fingerprint density at radius 2 is 2.08 bits per heavy atom. The molecule has 1 aromatic rings. The third-order valence-electron chi connectivity index (χ3n) is 0.963. The van der Waals surface area contributed by atoms with Gasteiger partial charge in [-0.2, -0.15) is 13.2 Å². The van der Waals surface area contributed by atoms with Crippen LogP contribution in [0.3, 0.4) is 0 Å². The molecule has 0 aliphatic rings. The van der Waals surface area contributed by atoms with Crippen LogP contribution >= 0.6 is 23.4 Å². The molecule has 0 bridgehead atoms. The highest BCUT2D eigenvalue weighted by molar-refractivity contribution is 8.00. The summed E-state index contributed by atoms with van der Waals surface area (Å²) in [7, 11) is 0. The van der Waals surface area contributed by atoms with Crippen molar-refractivity contribution in [2.75, 3.05) is 0 Å². The van der Waals surface area contributed by atoms with E-state index in [-0.39, 0.29) is 21.7 Å². The van der Waals surface area contributed by atoms with Gasteiger partial charge in [0.05, 0.1) is 0 Å². The number of hydrogen-bond acceptors (Lipinski definition) is 1. The summed E-state index contributed by atoms with van der Waals surface area (Å²) in [5.74, 6) is 0. The fourth-order valence-corrected chi connectivity index (χ4v) is 1.40. The Kier molecular flexibility index (Phi) is 2.90. The minimum absolute atomic E-state index is 0.0185. The van der Waals surface area contributed by atoms with Crippen LogP contribution < -0.4 is 0 Å². The lowest BCUT2D eigenvalue weighted by Crippen LogP contribution is -1.98. The van der Waals surface area contributed by atoms with E-state index in [0.717, 1.165) is 0 Å². The topological polar surface area (TPSA) is 0 Å². The second kappa shape index (κ2) is 3.58. The van der Waals surface area contributed by atoms with Gasteiger partial charge < -0.3 is 0 Å². The molecule has 1 aromatic carbocycles. The van der Waals surface area contributed by atoms with Gasteiger partial charge in [-0.05, 0) is 30.0 Å². The third-order valence-corrected chi connectivity index (χ3v) is 1.88. The van der Waals surface area contributed by atoms with Gasteiger partial charge in [-0.3, -0.25) is 0 Å². The predicted molar refractivity (Wildman–Crippen MR) is 42.2 cm³/mol. The van der Waals surface area contributed by atoms with Crippen molar-refractivity contribution in [3.05, 3.63) is 29.3 Å². The predicted octanol–water partition coefficient (Wildman–Crippen LogP) is 3.75. The first kappa shape index (κ1) is 9.74. The molecule has 65 valence electrons. The molecule has 0 aromatic heterocycles. The van der Waals surface area contributed by atoms with Crippen molar-refractivity contribution in [2.45, 2.75) is 10.4 Å². The SMILES string of the molecule is FC(F)(F)Sc1[c]ccc(Cl)c1. The van der Waals surface area contributed by atoms with Crippen LogP contribution in [0.25, 0.3) is 0 Å². The summed E-state index contributed by atoms with van der Waals surface area (Å²) in [4.78, 5) is -0.0185. The van der Waals surface area contributed by atoms with Crippen molar-refractivity contribution in [1.29, 1.82) is 0 Å². The summed E-state index contributed by atoms with van der Waals surface area (Å²) >= 11 is 5.25. The molecule has 0 N–H and O–H groups in total. The Hall–Kier alpha value is -0.350. The number of hydrogen-bond donors (Lipinski definition) is 0. The lowest BCUT2D eigenvalue weighted by Gasteiger charge is -2.04. The van der Waals surface area contributed by atoms with Crippen LogP contribution in [-0.4, -0.2) is 5.51 Å². The zero-order valence-corrected chi connectivity index (χ0v) is 7.22. The Bertz CT molecular complexity index is 272. The van der Waals surface area contributed by atoms with Gasteiger partial charge in [0, 0.05) is 9.92 Å². The van der Waals surface area contributed by atoms with Crippen molar-refractivity contribution in [2.24, 2.45) is 0 Å². The average Bonchev–Trinajstić information content (AvgIpc) is 1.82. The molecule has 1 radical (unpaired) electrons. The Morgan fingerprint density at radius 3 is 2.58 bits per heavy atom. The normalized spacial score (nSPS) is 11.7. The molecule has 0 spiro atoms. The minimum Gasteiger partial charge on any atom is -0.160 e. The molecule has 0 fully saturated rings. The van der Waals surface area contributed by atoms with E-state index in [9.17, 15) is 13.2 Å². The van der Waals surface area contributed by atoms with E-state index < -0.39 is 5.51 Å². The number of rotatable bonds is 1. The van der Waals surface area contributed by atoms with Crippen LogP contribution in [0.2, 0.25) is 5.02 Å². The fraction of sp³-hybridized carbons (Fsp3) is 0.143. The second-order valence-electron chi connectivity index (χ2n) is 1.92. The van der Waals surface area contributed by atoms with E-state index in [1.807, 2.05) is 0 Å². The maximum absolute atomic E-state index is 11.8. The van der Waals surface area contributed by atoms with Gasteiger partial charge in [0.25, 0.3) is 0 Å². The first-order valence-corrected chi connectivity index (χ1v) is 4.10. The van der Waals surface area contributed by atoms with Crippen LogP contribution in [0, 0.1) is 6.07 Å². The van der Waals surface area contributed by atoms with Crippen LogP contribution in [0.4, 0.5) is 13.2 Å². The van der Waals surface area contributed by atoms with Gasteiger partial charge in [-0.25, -0.2) is 0 Å². The van der Waals surface area contributed by atoms with Crippen molar-refractivity contribution in [1.82, 2.24) is 0 Å². The van der Waals surface area contributed by atoms with Crippen molar-refractivity contribution in [3.8, 4) is 0 Å². The lowest BCUT2D eigenvalue weighted by atomic mass is 10.4. The quantitative estimate of drug-likeness (QED) is 0.638. The van der Waals surface area contributed by atoms with Gasteiger partial charge in [-0.15, -0.1) is 0 Å². The number of alkyl halides is 3. The van der Waals surface area contributed by atoms with Gasteiger partial charge in [-0.1, -0.05) is 17.7 Å². The Balaban J connectivity index is 2.77. The fourth-order valence-electron chi connectivity index (χ4n) is 0.602. The molecule has 0 amide bonds. The summed E-state index contributed by atoms with van der Waals surface area (Å²) in [6.45, 7) is 0. The highest BCUT2D eigenvalue weighted by atomic mass is 35.5. The molecule has 0 nitrogen and oxygen atoms in total. The highest BCUT2D eigenvalue weighted by Gasteiger charge is 2.29. The zero-order valence-electron chi connectivity index (χ0n) is 5.65. The third kappa shape index (κ3) is 3.36. The maximum Gasteiger partial charge on any atom is 0.446 e. The monoisotopic (exact) mass is 211 g/mol. The summed E-state index contributed by atoms with van der Waals surface area (Å²) in [6, 6.07) is 6.48. The molecule has 0 atom stereocenters. The lowest BCUT2D eigenvalue weighted by molar-refractivity contribution is -0.0328. The highest BCUT2D eigenvalue weighted by Crippen LogP contribution is 2.37. The maximum atomic E-state index is 11.8. The smallest absolute Gasteiger partial charge is 0.160 e. The number of benzene rings is 1. The largest absolute Gasteiger partial charge is 0.446 e. The van der Waals surface area contributed by atoms with E-state index in [0.29, 0.717) is 0 Å². The zero-order chi connectivity index (χ0) is 9.19. The summed E-state index contributed by atoms with van der Waals surface area (Å²) in [6.07, 6.45) is 0. The molecular weight excluding hydrogens is 209 g/mol. The summed E-state index contributed by atoms with van der Waals surface area (Å²) in [5, 5.41) is 0.278. The van der Waals surface area contributed by atoms with E-state index in [1.165, 1.54) is 18.2 Å². The second-order valence-corrected chi connectivity index (χ2v) is 3.46. The van der Waals surface area contributed by atoms with Crippen LogP contribution in [0.1, 0.15) is 0 Å². The molecule has 0 aliphatic heterocycles. The first-order valence-electron chi connectivity index (χ1n) is 2.90. The van der Waals surface area contributed by atoms with Crippen LogP contribution in [0.15, 0.2) is 23.1 Å². The van der Waals surface area contributed by atoms with Gasteiger partial charge in [0.2, 0.25) is 0 Å². The molecule has 0 heterocycles. The first-order chi connectivity index (χ1) is 5.47. The molecule has 0 aliphatic carbocycles. The molecule has 0 unspecified atom stereocenters. The average molecular weight is 212 g/mol. The van der Waals surface area contributed by atoms with Gasteiger partial charge in [0.1, 0.15) is 0 Å². The van der Waals surface area contributed by atoms with E-state index in [2.05, 4.69) is 6.07 Å². The van der Waals surface area contributed by atoms with Crippen LogP contribution in [-0.2, 0) is 0 Å². The Labute approximate surface area is 76.7 Å². The van der Waals surface area contributed by atoms with E-state index in [4.69, 9.17) is 11.6 Å². The van der Waals surface area contributed by atoms with Crippen molar-refractivity contribution in [3.63, 3.8) is 0 Å². The molecule has 0 saturated carbocycles. The number of thioether (sulfide) groups is 1. The molecule has 0 saturated heterocycles. The summed E-state index contributed by atoms with van der Waals surface area (Å²) < 4.78 is 35.3. The standard InChI is InChI=1S/C7H3ClF3S/c8-5-2-1-3-6(4-5)12-7(9,10)11/h1-2,4H. The van der Waals surface area contributed by atoms with Gasteiger partial charge in [0.15, 0.2) is 0 Å². The molecule has 12 heavy (non-hydrogen) atoms. The van der Waals surface area contributed by atoms with Crippen molar-refractivity contribution < 1.29 is 13.2 Å². The van der Waals surface area contributed by atoms with Crippen molar-refractivity contribution >= 4 is 23.4 Å². The van der Waals surface area contributed by atoms with E-state index >= 15 is 0 Å². The molecular formula is C7H3ClF3S.